The minimum atomic E-state index is -1.55. The number of amides is 2. The molecule has 6 rings (SSSR count). The van der Waals surface area contributed by atoms with Gasteiger partial charge in [-0.2, -0.15) is 0 Å². The lowest BCUT2D eigenvalue weighted by Crippen LogP contribution is -2.72. The fourth-order valence-electron chi connectivity index (χ4n) is 5.54. The van der Waals surface area contributed by atoms with E-state index in [1.807, 2.05) is 18.7 Å². The Balaban J connectivity index is 1.61. The van der Waals surface area contributed by atoms with Crippen molar-refractivity contribution in [1.82, 2.24) is 25.4 Å². The number of imide groups is 1. The van der Waals surface area contributed by atoms with Gasteiger partial charge in [0.1, 0.15) is 21.6 Å². The number of carbonyl (C=O) groups is 3. The van der Waals surface area contributed by atoms with E-state index in [0.29, 0.717) is 34.8 Å². The zero-order chi connectivity index (χ0) is 23.8. The Hall–Kier alpha value is -3.44. The number of rotatable bonds is 1. The van der Waals surface area contributed by atoms with Crippen molar-refractivity contribution in [2.24, 2.45) is 5.41 Å². The largest absolute Gasteiger partial charge is 0.372 e. The van der Waals surface area contributed by atoms with Crippen LogP contribution in [0, 0.1) is 5.41 Å². The maximum Gasteiger partial charge on any atom is 0.242 e. The number of carbonyl (C=O) groups excluding carboxylic acids is 3. The number of ketones is 1. The van der Waals surface area contributed by atoms with Gasteiger partial charge in [0.05, 0.1) is 42.2 Å². The van der Waals surface area contributed by atoms with Crippen LogP contribution in [-0.4, -0.2) is 62.5 Å². The van der Waals surface area contributed by atoms with Gasteiger partial charge in [-0.25, -0.2) is 4.98 Å². The lowest BCUT2D eigenvalue weighted by atomic mass is 9.64. The van der Waals surface area contributed by atoms with Gasteiger partial charge in [0, 0.05) is 25.4 Å². The molecule has 34 heavy (non-hydrogen) atoms. The van der Waals surface area contributed by atoms with E-state index < -0.39 is 35.2 Å². The minimum Gasteiger partial charge on any atom is -0.372 e. The first-order chi connectivity index (χ1) is 16.3. The Bertz CT molecular complexity index is 1360. The number of hydrogen-bond donors (Lipinski definition) is 1. The maximum absolute atomic E-state index is 13.4. The highest BCUT2D eigenvalue weighted by atomic mass is 35.5. The zero-order valence-corrected chi connectivity index (χ0v) is 19.0. The fourth-order valence-corrected chi connectivity index (χ4v) is 5.89. The van der Waals surface area contributed by atoms with Gasteiger partial charge in [0.2, 0.25) is 17.4 Å². The summed E-state index contributed by atoms with van der Waals surface area (Å²) in [6.07, 6.45) is 3.47. The van der Waals surface area contributed by atoms with E-state index in [4.69, 9.17) is 25.8 Å². The number of halogens is 1. The second kappa shape index (κ2) is 7.28. The maximum atomic E-state index is 13.4. The van der Waals surface area contributed by atoms with Crippen LogP contribution in [0.3, 0.4) is 0 Å². The zero-order valence-electron chi connectivity index (χ0n) is 18.2. The molecule has 1 N–H and O–H groups in total. The standard InChI is InChI=1S/C22H19ClN6O5/c1-9-8-29-18-11(6-22(20(29)10(2)33-9)13(30)5-14(31)27-21(22)32)26-17-16(12-7-24-3-4-25-12)28-34-19(17)15(18)23/h3-4,7,9-10,20H,5-6,8H2,1-2H3,(H,27,31,32)/t9-,10+,20-,22?/m1/s1. The van der Waals surface area contributed by atoms with E-state index in [1.54, 1.807) is 0 Å². The number of anilines is 1. The quantitative estimate of drug-likeness (QED) is 0.400. The molecule has 3 aromatic heterocycles. The Morgan fingerprint density at radius 2 is 2.06 bits per heavy atom. The predicted octanol–water partition coefficient (Wildman–Crippen LogP) is 1.47. The van der Waals surface area contributed by atoms with E-state index >= 15 is 0 Å². The Kier molecular flexibility index (Phi) is 4.52. The smallest absolute Gasteiger partial charge is 0.242 e. The van der Waals surface area contributed by atoms with Crippen molar-refractivity contribution in [1.29, 1.82) is 0 Å². The Morgan fingerprint density at radius 3 is 2.79 bits per heavy atom. The fraction of sp³-hybridized carbons (Fsp3) is 0.409. The third-order valence-corrected chi connectivity index (χ3v) is 7.15. The van der Waals surface area contributed by atoms with Crippen LogP contribution in [0.1, 0.15) is 26.0 Å². The van der Waals surface area contributed by atoms with Crippen LogP contribution in [0.5, 0.6) is 0 Å². The molecule has 174 valence electrons. The van der Waals surface area contributed by atoms with Crippen LogP contribution in [0.4, 0.5) is 5.69 Å². The molecule has 3 aliphatic heterocycles. The number of nitrogens with one attached hydrogen (secondary N) is 1. The molecule has 0 bridgehead atoms. The highest BCUT2D eigenvalue weighted by Gasteiger charge is 2.63. The van der Waals surface area contributed by atoms with Gasteiger partial charge in [-0.1, -0.05) is 16.8 Å². The van der Waals surface area contributed by atoms with E-state index in [1.165, 1.54) is 18.6 Å². The van der Waals surface area contributed by atoms with Crippen LogP contribution in [0.15, 0.2) is 23.1 Å². The molecule has 1 spiro atoms. The normalized spacial score (nSPS) is 28.7. The Labute approximate surface area is 197 Å². The van der Waals surface area contributed by atoms with Gasteiger partial charge in [0.25, 0.3) is 0 Å². The number of pyridine rings is 1. The van der Waals surface area contributed by atoms with Gasteiger partial charge in [-0.15, -0.1) is 0 Å². The van der Waals surface area contributed by atoms with Crippen LogP contribution >= 0.6 is 11.6 Å². The Morgan fingerprint density at radius 1 is 1.24 bits per heavy atom. The van der Waals surface area contributed by atoms with Gasteiger partial charge in [-0.05, 0) is 13.8 Å². The van der Waals surface area contributed by atoms with E-state index in [9.17, 15) is 14.4 Å². The number of hydrogen-bond acceptors (Lipinski definition) is 10. The molecule has 11 nitrogen and oxygen atoms in total. The van der Waals surface area contributed by atoms with Gasteiger partial charge in [-0.3, -0.25) is 29.7 Å². The number of nitrogens with zero attached hydrogens (tertiary/aromatic N) is 5. The molecular weight excluding hydrogens is 464 g/mol. The molecule has 1 unspecified atom stereocenters. The molecule has 3 aromatic rings. The second-order valence-electron chi connectivity index (χ2n) is 8.90. The van der Waals surface area contributed by atoms with Crippen molar-refractivity contribution < 1.29 is 23.6 Å². The highest BCUT2D eigenvalue weighted by Crippen LogP contribution is 2.51. The molecule has 0 radical (unpaired) electrons. The van der Waals surface area contributed by atoms with Crippen LogP contribution in [-0.2, 0) is 25.5 Å². The van der Waals surface area contributed by atoms with Crippen LogP contribution in [0.25, 0.3) is 22.5 Å². The van der Waals surface area contributed by atoms with Crippen LogP contribution < -0.4 is 10.2 Å². The summed E-state index contributed by atoms with van der Waals surface area (Å²) >= 11 is 6.87. The van der Waals surface area contributed by atoms with E-state index in [0.717, 1.165) is 0 Å². The van der Waals surface area contributed by atoms with Crippen molar-refractivity contribution in [3.8, 4) is 11.4 Å². The van der Waals surface area contributed by atoms with Crippen molar-refractivity contribution in [3.05, 3.63) is 29.3 Å². The molecular formula is C22H19ClN6O5. The third-order valence-electron chi connectivity index (χ3n) is 6.80. The molecule has 4 atom stereocenters. The molecule has 2 saturated heterocycles. The lowest BCUT2D eigenvalue weighted by Gasteiger charge is -2.55. The summed E-state index contributed by atoms with van der Waals surface area (Å²) in [6.45, 7) is 4.09. The number of ether oxygens (including phenoxy) is 1. The summed E-state index contributed by atoms with van der Waals surface area (Å²) in [5.74, 6) is -1.71. The van der Waals surface area contributed by atoms with Crippen molar-refractivity contribution in [2.75, 3.05) is 11.4 Å². The number of fused-ring (bicyclic) bond motifs is 5. The number of aromatic nitrogens is 4. The summed E-state index contributed by atoms with van der Waals surface area (Å²) in [7, 11) is 0. The molecule has 0 aromatic carbocycles. The first-order valence-corrected chi connectivity index (χ1v) is 11.2. The van der Waals surface area contributed by atoms with Crippen molar-refractivity contribution in [2.45, 2.75) is 44.9 Å². The van der Waals surface area contributed by atoms with E-state index in [-0.39, 0.29) is 29.6 Å². The molecule has 0 aliphatic carbocycles. The topological polar surface area (TPSA) is 140 Å². The summed E-state index contributed by atoms with van der Waals surface area (Å²) in [6, 6.07) is -0.670. The number of morpholine rings is 1. The average Bonchev–Trinajstić information content (AvgIpc) is 3.21. The number of Topliss-reactive ketones (excluding diaryl/α,β-unsaturated/α-hetero) is 1. The minimum absolute atomic E-state index is 0.0374. The average molecular weight is 483 g/mol. The lowest BCUT2D eigenvalue weighted by molar-refractivity contribution is -0.158. The molecule has 0 saturated carbocycles. The number of piperidine rings is 1. The van der Waals surface area contributed by atoms with E-state index in [2.05, 4.69) is 20.4 Å². The molecule has 12 heteroatoms. The van der Waals surface area contributed by atoms with Crippen LogP contribution in [0.2, 0.25) is 5.02 Å². The first-order valence-electron chi connectivity index (χ1n) is 10.8. The monoisotopic (exact) mass is 482 g/mol. The van der Waals surface area contributed by atoms with Gasteiger partial charge in [0.15, 0.2) is 11.5 Å². The van der Waals surface area contributed by atoms with Gasteiger partial charge < -0.3 is 14.2 Å². The summed E-state index contributed by atoms with van der Waals surface area (Å²) < 4.78 is 11.6. The molecule has 2 fully saturated rings. The molecule has 2 amide bonds. The SMILES string of the molecule is C[C@@H]1CN2c3c(nc4c(-c5cnccn5)noc4c3Cl)CC3(C(=O)CC(=O)NC3=O)[C@H]2[C@H](C)O1. The molecule has 6 heterocycles. The molecule has 3 aliphatic rings. The van der Waals surface area contributed by atoms with Gasteiger partial charge >= 0.3 is 0 Å². The summed E-state index contributed by atoms with van der Waals surface area (Å²) in [5.41, 5.74) is 0.895. The third kappa shape index (κ3) is 2.77. The van der Waals surface area contributed by atoms with Crippen molar-refractivity contribution in [3.63, 3.8) is 0 Å². The summed E-state index contributed by atoms with van der Waals surface area (Å²) in [4.78, 5) is 53.7. The highest BCUT2D eigenvalue weighted by molar-refractivity contribution is 6.38. The first kappa shape index (κ1) is 21.1. The second-order valence-corrected chi connectivity index (χ2v) is 9.27. The predicted molar refractivity (Wildman–Crippen MR) is 118 cm³/mol. The summed E-state index contributed by atoms with van der Waals surface area (Å²) in [5, 5.41) is 6.76. The van der Waals surface area contributed by atoms with Crippen molar-refractivity contribution >= 4 is 46.0 Å².